The zero-order chi connectivity index (χ0) is 17.1. The van der Waals surface area contributed by atoms with E-state index in [2.05, 4.69) is 10.3 Å². The summed E-state index contributed by atoms with van der Waals surface area (Å²) in [4.78, 5) is 16.9. The quantitative estimate of drug-likeness (QED) is 0.739. The molecule has 0 saturated heterocycles. The van der Waals surface area contributed by atoms with Gasteiger partial charge in [0.25, 0.3) is 5.91 Å². The van der Waals surface area contributed by atoms with Gasteiger partial charge in [0.2, 0.25) is 0 Å². The largest absolute Gasteiger partial charge is 0.492 e. The van der Waals surface area contributed by atoms with Gasteiger partial charge in [-0.05, 0) is 55.2 Å². The number of para-hydroxylation sites is 1. The molecule has 0 atom stereocenters. The topological polar surface area (TPSA) is 51.2 Å². The molecule has 1 amide bonds. The molecule has 0 unspecified atom stereocenters. The molecule has 1 aromatic heterocycles. The van der Waals surface area contributed by atoms with E-state index in [9.17, 15) is 4.79 Å². The van der Waals surface area contributed by atoms with Gasteiger partial charge in [0, 0.05) is 16.6 Å². The third kappa shape index (κ3) is 3.63. The molecule has 1 fully saturated rings. The molecule has 0 bridgehead atoms. The summed E-state index contributed by atoms with van der Waals surface area (Å²) in [5, 5.41) is 3.81. The Balaban J connectivity index is 1.52. The molecule has 126 valence electrons. The molecule has 0 radical (unpaired) electrons. The van der Waals surface area contributed by atoms with Crippen molar-refractivity contribution < 1.29 is 9.53 Å². The van der Waals surface area contributed by atoms with Gasteiger partial charge < -0.3 is 10.1 Å². The number of rotatable bonds is 5. The summed E-state index contributed by atoms with van der Waals surface area (Å²) in [5.41, 5.74) is 2.24. The second-order valence-corrected chi connectivity index (χ2v) is 6.51. The Labute approximate surface area is 146 Å². The number of pyridine rings is 1. The summed E-state index contributed by atoms with van der Waals surface area (Å²) in [6.45, 7) is 0.751. The lowest BCUT2D eigenvalue weighted by molar-refractivity contribution is 0.102. The first-order valence-corrected chi connectivity index (χ1v) is 8.67. The standard InChI is InChI=1S/C21H20N2O2/c24-21(23-18-7-2-1-3-8-18)16-9-10-20-17(11-16)12-19(13-22-20)25-14-15-5-4-6-15/h1-3,7-13,15H,4-6,14H2,(H,23,24). The fraction of sp³-hybridized carbons (Fsp3) is 0.238. The van der Waals surface area contributed by atoms with Gasteiger partial charge in [0.15, 0.2) is 0 Å². The molecule has 1 N–H and O–H groups in total. The highest BCUT2D eigenvalue weighted by molar-refractivity contribution is 6.06. The van der Waals surface area contributed by atoms with Crippen molar-refractivity contribution in [1.29, 1.82) is 0 Å². The minimum Gasteiger partial charge on any atom is -0.492 e. The van der Waals surface area contributed by atoms with E-state index in [4.69, 9.17) is 4.74 Å². The molecule has 1 aliphatic carbocycles. The van der Waals surface area contributed by atoms with Crippen molar-refractivity contribution in [1.82, 2.24) is 4.98 Å². The average molecular weight is 332 g/mol. The molecular formula is C21H20N2O2. The number of carbonyl (C=O) groups excluding carboxylic acids is 1. The van der Waals surface area contributed by atoms with Crippen LogP contribution in [0.15, 0.2) is 60.8 Å². The molecule has 0 spiro atoms. The van der Waals surface area contributed by atoms with Gasteiger partial charge in [-0.25, -0.2) is 0 Å². The molecular weight excluding hydrogens is 312 g/mol. The van der Waals surface area contributed by atoms with Gasteiger partial charge in [-0.1, -0.05) is 24.6 Å². The SMILES string of the molecule is O=C(Nc1ccccc1)c1ccc2ncc(OCC3CCC3)cc2c1. The third-order valence-corrected chi connectivity index (χ3v) is 4.66. The van der Waals surface area contributed by atoms with Gasteiger partial charge in [-0.2, -0.15) is 0 Å². The number of ether oxygens (including phenoxy) is 1. The van der Waals surface area contributed by atoms with Crippen molar-refractivity contribution in [2.24, 2.45) is 5.92 Å². The highest BCUT2D eigenvalue weighted by Gasteiger charge is 2.18. The van der Waals surface area contributed by atoms with E-state index in [0.29, 0.717) is 11.5 Å². The number of nitrogens with zero attached hydrogens (tertiary/aromatic N) is 1. The Hall–Kier alpha value is -2.88. The first-order chi connectivity index (χ1) is 12.3. The Morgan fingerprint density at radius 3 is 2.72 bits per heavy atom. The summed E-state index contributed by atoms with van der Waals surface area (Å²) in [6, 6.07) is 16.9. The van der Waals surface area contributed by atoms with E-state index >= 15 is 0 Å². The molecule has 4 rings (SSSR count). The van der Waals surface area contributed by atoms with Crippen LogP contribution in [-0.4, -0.2) is 17.5 Å². The molecule has 3 aromatic rings. The van der Waals surface area contributed by atoms with Gasteiger partial charge >= 0.3 is 0 Å². The number of fused-ring (bicyclic) bond motifs is 1. The molecule has 4 heteroatoms. The first kappa shape index (κ1) is 15.6. The lowest BCUT2D eigenvalue weighted by Gasteiger charge is -2.25. The molecule has 1 saturated carbocycles. The molecule has 1 heterocycles. The highest BCUT2D eigenvalue weighted by Crippen LogP contribution is 2.27. The lowest BCUT2D eigenvalue weighted by atomic mass is 9.86. The summed E-state index contributed by atoms with van der Waals surface area (Å²) in [7, 11) is 0. The van der Waals surface area contributed by atoms with Crippen LogP contribution >= 0.6 is 0 Å². The summed E-state index contributed by atoms with van der Waals surface area (Å²) < 4.78 is 5.85. The van der Waals surface area contributed by atoms with E-state index in [0.717, 1.165) is 28.9 Å². The van der Waals surface area contributed by atoms with Crippen molar-refractivity contribution in [3.05, 3.63) is 66.4 Å². The van der Waals surface area contributed by atoms with Crippen molar-refractivity contribution in [3.63, 3.8) is 0 Å². The van der Waals surface area contributed by atoms with Crippen molar-refractivity contribution in [2.75, 3.05) is 11.9 Å². The lowest BCUT2D eigenvalue weighted by Crippen LogP contribution is -2.19. The predicted molar refractivity (Wildman–Crippen MR) is 99.0 cm³/mol. The van der Waals surface area contributed by atoms with Crippen LogP contribution < -0.4 is 10.1 Å². The van der Waals surface area contributed by atoms with Crippen molar-refractivity contribution in [3.8, 4) is 5.75 Å². The Morgan fingerprint density at radius 1 is 1.12 bits per heavy atom. The smallest absolute Gasteiger partial charge is 0.255 e. The normalized spacial score (nSPS) is 14.1. The fourth-order valence-electron chi connectivity index (χ4n) is 2.93. The van der Waals surface area contributed by atoms with E-state index < -0.39 is 0 Å². The van der Waals surface area contributed by atoms with E-state index in [-0.39, 0.29) is 5.91 Å². The monoisotopic (exact) mass is 332 g/mol. The Morgan fingerprint density at radius 2 is 1.96 bits per heavy atom. The summed E-state index contributed by atoms with van der Waals surface area (Å²) in [5.74, 6) is 1.31. The number of aromatic nitrogens is 1. The zero-order valence-electron chi connectivity index (χ0n) is 13.9. The van der Waals surface area contributed by atoms with Gasteiger partial charge in [-0.15, -0.1) is 0 Å². The van der Waals surface area contributed by atoms with Crippen LogP contribution in [0.1, 0.15) is 29.6 Å². The number of carbonyl (C=O) groups is 1. The Bertz CT molecular complexity index is 889. The number of hydrogen-bond acceptors (Lipinski definition) is 3. The second-order valence-electron chi connectivity index (χ2n) is 6.51. The highest BCUT2D eigenvalue weighted by atomic mass is 16.5. The van der Waals surface area contributed by atoms with Gasteiger partial charge in [0.1, 0.15) is 5.75 Å². The van der Waals surface area contributed by atoms with E-state index in [1.807, 2.05) is 48.5 Å². The summed E-state index contributed by atoms with van der Waals surface area (Å²) in [6.07, 6.45) is 5.57. The number of benzene rings is 2. The maximum Gasteiger partial charge on any atom is 0.255 e. The number of hydrogen-bond donors (Lipinski definition) is 1. The van der Waals surface area contributed by atoms with Crippen molar-refractivity contribution in [2.45, 2.75) is 19.3 Å². The van der Waals surface area contributed by atoms with Gasteiger partial charge in [-0.3, -0.25) is 9.78 Å². The molecule has 1 aliphatic rings. The van der Waals surface area contributed by atoms with Crippen LogP contribution in [0.2, 0.25) is 0 Å². The van der Waals surface area contributed by atoms with Crippen LogP contribution in [0, 0.1) is 5.92 Å². The minimum absolute atomic E-state index is 0.131. The number of amides is 1. The number of anilines is 1. The number of nitrogens with one attached hydrogen (secondary N) is 1. The second kappa shape index (κ2) is 6.93. The molecule has 25 heavy (non-hydrogen) atoms. The summed E-state index contributed by atoms with van der Waals surface area (Å²) >= 11 is 0. The van der Waals surface area contributed by atoms with E-state index in [1.165, 1.54) is 19.3 Å². The molecule has 4 nitrogen and oxygen atoms in total. The fourth-order valence-corrected chi connectivity index (χ4v) is 2.93. The van der Waals surface area contributed by atoms with Crippen LogP contribution in [-0.2, 0) is 0 Å². The maximum absolute atomic E-state index is 12.4. The van der Waals surface area contributed by atoms with Crippen molar-refractivity contribution >= 4 is 22.5 Å². The third-order valence-electron chi connectivity index (χ3n) is 4.66. The molecule has 0 aliphatic heterocycles. The first-order valence-electron chi connectivity index (χ1n) is 8.67. The minimum atomic E-state index is -0.131. The van der Waals surface area contributed by atoms with E-state index in [1.54, 1.807) is 12.3 Å². The van der Waals surface area contributed by atoms with Crippen LogP contribution in [0.3, 0.4) is 0 Å². The zero-order valence-corrected chi connectivity index (χ0v) is 13.9. The Kier molecular flexibility index (Phi) is 4.34. The average Bonchev–Trinajstić information content (AvgIpc) is 2.60. The molecule has 2 aromatic carbocycles. The maximum atomic E-state index is 12.4. The van der Waals surface area contributed by atoms with Crippen LogP contribution in [0.25, 0.3) is 10.9 Å². The van der Waals surface area contributed by atoms with Crippen LogP contribution in [0.4, 0.5) is 5.69 Å². The van der Waals surface area contributed by atoms with Gasteiger partial charge in [0.05, 0.1) is 18.3 Å². The predicted octanol–water partition coefficient (Wildman–Crippen LogP) is 4.67. The van der Waals surface area contributed by atoms with Crippen LogP contribution in [0.5, 0.6) is 5.75 Å².